The number of rotatable bonds is 21. The number of pyridine rings is 1. The topological polar surface area (TPSA) is 327 Å². The first-order chi connectivity index (χ1) is 31.4. The minimum absolute atomic E-state index is 0.00967. The molecule has 3 aromatic rings. The highest BCUT2D eigenvalue weighted by Crippen LogP contribution is 2.66. The number of aliphatic hydroxyl groups excluding tert-OH is 2. The third-order valence-corrected chi connectivity index (χ3v) is 14.6. The van der Waals surface area contributed by atoms with Gasteiger partial charge in [0.15, 0.2) is 12.4 Å². The first kappa shape index (κ1) is 53.3. The number of esters is 1. The Morgan fingerprint density at radius 3 is 2.40 bits per heavy atom. The highest BCUT2D eigenvalue weighted by Gasteiger charge is 2.47. The van der Waals surface area contributed by atoms with Crippen LogP contribution in [0.15, 0.2) is 76.2 Å². The van der Waals surface area contributed by atoms with Crippen molar-refractivity contribution >= 4 is 53.2 Å². The number of nitrogens with one attached hydrogen (secondary N) is 2. The van der Waals surface area contributed by atoms with Crippen LogP contribution in [0.5, 0.6) is 0 Å². The lowest BCUT2D eigenvalue weighted by Gasteiger charge is -2.27. The number of carbonyl (C=O) groups is 2. The minimum atomic E-state index is -5.83. The van der Waals surface area contributed by atoms with E-state index in [1.165, 1.54) is 24.8 Å². The molecule has 1 fully saturated rings. The number of hydrogen-bond acceptors (Lipinski definition) is 15. The molecule has 0 bridgehead atoms. The first-order valence-electron chi connectivity index (χ1n) is 20.8. The summed E-state index contributed by atoms with van der Waals surface area (Å²) in [7, 11) is -15.7. The number of ether oxygens (including phenoxy) is 2. The summed E-state index contributed by atoms with van der Waals surface area (Å²) in [4.78, 5) is 90.8. The Labute approximate surface area is 384 Å². The van der Waals surface area contributed by atoms with Gasteiger partial charge >= 0.3 is 35.1 Å². The average Bonchev–Trinajstić information content (AvgIpc) is 3.63. The number of aromatic nitrogens is 3. The van der Waals surface area contributed by atoms with Crippen LogP contribution in [0, 0.1) is 6.92 Å². The number of nitrogens with zero attached hydrogens (tertiary/aromatic N) is 3. The molecule has 0 spiro atoms. The molecule has 2 aliphatic rings. The molecule has 1 aromatic carbocycles. The summed E-state index contributed by atoms with van der Waals surface area (Å²) in [6, 6.07) is 10.1. The van der Waals surface area contributed by atoms with Gasteiger partial charge in [0.2, 0.25) is 11.6 Å². The third-order valence-electron chi connectivity index (χ3n) is 10.8. The number of amides is 1. The predicted octanol–water partition coefficient (Wildman–Crippen LogP) is 2.99. The number of H-pyrrole nitrogens is 1. The van der Waals surface area contributed by atoms with E-state index in [1.807, 2.05) is 34.7 Å². The molecule has 26 heteroatoms. The summed E-state index contributed by atoms with van der Waals surface area (Å²) >= 11 is 0. The molecule has 0 saturated carbocycles. The van der Waals surface area contributed by atoms with Crippen LogP contribution in [0.4, 0.5) is 5.69 Å². The summed E-state index contributed by atoms with van der Waals surface area (Å²) < 4.78 is 59.2. The highest BCUT2D eigenvalue weighted by molar-refractivity contribution is 7.66. The van der Waals surface area contributed by atoms with E-state index in [4.69, 9.17) is 19.3 Å². The molecule has 366 valence electrons. The molecule has 67 heavy (non-hydrogen) atoms. The summed E-state index contributed by atoms with van der Waals surface area (Å²) in [5.41, 5.74) is 3.68. The van der Waals surface area contributed by atoms with Gasteiger partial charge in [0.25, 0.3) is 5.56 Å². The number of hydrogen-bond donors (Lipinski definition) is 8. The number of allylic oxidation sites excluding steroid dienone is 3. The molecule has 2 aromatic heterocycles. The van der Waals surface area contributed by atoms with Crippen molar-refractivity contribution in [1.82, 2.24) is 14.9 Å². The molecule has 0 radical (unpaired) electrons. The molecular formula is C41H55N5O18P3+. The number of aromatic amines is 1. The van der Waals surface area contributed by atoms with Crippen molar-refractivity contribution in [2.75, 3.05) is 31.7 Å². The van der Waals surface area contributed by atoms with Gasteiger partial charge in [-0.2, -0.15) is 13.2 Å². The van der Waals surface area contributed by atoms with Crippen LogP contribution < -0.4 is 26.0 Å². The van der Waals surface area contributed by atoms with E-state index < -0.39 is 71.8 Å². The fourth-order valence-corrected chi connectivity index (χ4v) is 10.6. The van der Waals surface area contributed by atoms with Gasteiger partial charge in [-0.1, -0.05) is 56.2 Å². The van der Waals surface area contributed by atoms with Gasteiger partial charge in [0, 0.05) is 54.6 Å². The van der Waals surface area contributed by atoms with Gasteiger partial charge in [-0.05, 0) is 50.5 Å². The predicted molar refractivity (Wildman–Crippen MR) is 240 cm³/mol. The van der Waals surface area contributed by atoms with Crippen molar-refractivity contribution in [2.45, 2.75) is 89.9 Å². The molecule has 5 rings (SSSR count). The zero-order valence-corrected chi connectivity index (χ0v) is 39.8. The molecule has 4 heterocycles. The van der Waals surface area contributed by atoms with Crippen molar-refractivity contribution in [3.63, 3.8) is 0 Å². The first-order valence-corrected chi connectivity index (χ1v) is 25.4. The van der Waals surface area contributed by atoms with Crippen molar-refractivity contribution in [1.29, 1.82) is 0 Å². The van der Waals surface area contributed by atoms with E-state index >= 15 is 0 Å². The molecule has 6 atom stereocenters. The van der Waals surface area contributed by atoms with E-state index in [0.717, 1.165) is 41.7 Å². The number of aryl methyl sites for hydroxylation is 2. The number of benzene rings is 1. The Morgan fingerprint density at radius 1 is 0.985 bits per heavy atom. The van der Waals surface area contributed by atoms with Crippen LogP contribution in [0.25, 0.3) is 12.2 Å². The van der Waals surface area contributed by atoms with Crippen molar-refractivity contribution in [2.24, 2.45) is 0 Å². The lowest BCUT2D eigenvalue weighted by molar-refractivity contribution is -0.695. The fraction of sp³-hybridized carbons (Fsp3) is 0.439. The van der Waals surface area contributed by atoms with Crippen LogP contribution >= 0.6 is 23.5 Å². The second kappa shape index (κ2) is 22.2. The van der Waals surface area contributed by atoms with E-state index in [-0.39, 0.29) is 29.9 Å². The highest BCUT2D eigenvalue weighted by atomic mass is 31.3. The molecule has 8 N–H and O–H groups in total. The molecular weight excluding hydrogens is 943 g/mol. The number of fused-ring (bicyclic) bond motifs is 1. The molecule has 0 aliphatic carbocycles. The number of phosphoric acid groups is 3. The van der Waals surface area contributed by atoms with Gasteiger partial charge < -0.3 is 49.5 Å². The van der Waals surface area contributed by atoms with Gasteiger partial charge in [-0.3, -0.25) is 23.7 Å². The Balaban J connectivity index is 1.13. The van der Waals surface area contributed by atoms with Crippen LogP contribution in [-0.4, -0.2) is 96.3 Å². The van der Waals surface area contributed by atoms with Crippen LogP contribution in [0.3, 0.4) is 0 Å². The number of phosphoric ester groups is 1. The third kappa shape index (κ3) is 14.0. The monoisotopic (exact) mass is 998 g/mol. The van der Waals surface area contributed by atoms with Gasteiger partial charge in [0.05, 0.1) is 19.3 Å². The molecule has 1 amide bonds. The summed E-state index contributed by atoms with van der Waals surface area (Å²) in [5.74, 6) is -0.638. The molecule has 1 saturated heterocycles. The van der Waals surface area contributed by atoms with Crippen LogP contribution in [-0.2, 0) is 53.1 Å². The minimum Gasteiger partial charge on any atom is -0.465 e. The van der Waals surface area contributed by atoms with E-state index in [9.17, 15) is 52.9 Å². The van der Waals surface area contributed by atoms with Crippen molar-refractivity contribution in [3.05, 3.63) is 115 Å². The maximum absolute atomic E-state index is 12.7. The number of carbonyl (C=O) groups excluding carboxylic acids is 2. The zero-order valence-electron chi connectivity index (χ0n) is 37.2. The number of methoxy groups -OCH3 is 1. The molecule has 6 unspecified atom stereocenters. The van der Waals surface area contributed by atoms with Crippen LogP contribution in [0.2, 0.25) is 0 Å². The quantitative estimate of drug-likeness (QED) is 0.0329. The summed E-state index contributed by atoms with van der Waals surface area (Å²) in [6.07, 6.45) is 6.86. The Hall–Kier alpha value is -4.70. The van der Waals surface area contributed by atoms with Crippen LogP contribution in [0.1, 0.15) is 85.4 Å². The number of aliphatic hydroxyl groups is 2. The second-order valence-electron chi connectivity index (χ2n) is 16.0. The standard InChI is InChI=1S/C41H54N5O18P3/c1-6-44-23-28(39(51)60-5)17-18-29(44)13-10-14-33-41(3,4)30-22-26(2)16-19-31(30)45(33)21-9-7-8-15-34(47)42-20-11-12-27-24-46(40(52)43-37(27)50)38-36(49)35(48)32(62-38)25-61-66(56,57)64-67(58,59)63-65(53,54)55/h10-14,16-19,22-24,32,35-36,38,48-49H,6-9,15,20-21,25H2,1-5H3,(H5-,42,43,47,50,52,53,54,55,56,57,58,59)/p+1/b12-11+. The summed E-state index contributed by atoms with van der Waals surface area (Å²) in [5, 5.41) is 23.8. The van der Waals surface area contributed by atoms with Crippen molar-refractivity contribution < 1.29 is 80.3 Å². The van der Waals surface area contributed by atoms with E-state index in [0.29, 0.717) is 29.6 Å². The van der Waals surface area contributed by atoms with E-state index in [1.54, 1.807) is 12.3 Å². The number of unbranched alkanes of at least 4 members (excludes halogenated alkanes) is 2. The second-order valence-corrected chi connectivity index (χ2v) is 20.4. The fourth-order valence-electron chi connectivity index (χ4n) is 7.54. The zero-order chi connectivity index (χ0) is 49.5. The van der Waals surface area contributed by atoms with E-state index in [2.05, 4.69) is 68.4 Å². The Bertz CT molecular complexity index is 2680. The number of anilines is 1. The normalized spacial score (nSPS) is 21.7. The van der Waals surface area contributed by atoms with Crippen molar-refractivity contribution in [3.8, 4) is 0 Å². The lowest BCUT2D eigenvalue weighted by Crippen LogP contribution is -2.38. The maximum atomic E-state index is 12.7. The Morgan fingerprint density at radius 2 is 1.72 bits per heavy atom. The average molecular weight is 999 g/mol. The molecule has 2 aliphatic heterocycles. The van der Waals surface area contributed by atoms with Gasteiger partial charge in [-0.25, -0.2) is 23.3 Å². The summed E-state index contributed by atoms with van der Waals surface area (Å²) in [6.45, 7) is 8.72. The van der Waals surface area contributed by atoms with Gasteiger partial charge in [0.1, 0.15) is 30.4 Å². The van der Waals surface area contributed by atoms with Gasteiger partial charge in [-0.15, -0.1) is 0 Å². The maximum Gasteiger partial charge on any atom is 0.490 e. The Kier molecular flexibility index (Phi) is 17.6. The lowest BCUT2D eigenvalue weighted by atomic mass is 9.83. The molecule has 23 nitrogen and oxygen atoms in total. The largest absolute Gasteiger partial charge is 0.490 e. The SMILES string of the molecule is CC[n+]1cc(C(=O)OC)ccc1/C=C/C=C1/N(CCCCCC(=O)NC/C=C/c2cn(C3OC(COP(=O)(O)OP(=O)(O)OP(=O)(O)O)C(O)C3O)c(=O)[nH]c2=O)c2ccc(C)cc2C1(C)C. The smallest absolute Gasteiger partial charge is 0.465 e.